The molecule has 2 fully saturated rings. The molecule has 1 N–H and O–H groups in total. The van der Waals surface area contributed by atoms with E-state index in [0.717, 1.165) is 73.0 Å². The summed E-state index contributed by atoms with van der Waals surface area (Å²) in [4.78, 5) is 20.2. The molecule has 1 unspecified atom stereocenters. The maximum Gasteiger partial charge on any atom is 0.215 e. The van der Waals surface area contributed by atoms with Crippen molar-refractivity contribution >= 4 is 28.8 Å². The molecular weight excluding hydrogens is 448 g/mol. The second kappa shape index (κ2) is 11.4. The van der Waals surface area contributed by atoms with Crippen molar-refractivity contribution < 1.29 is 9.47 Å². The van der Waals surface area contributed by atoms with Crippen LogP contribution in [0, 0.1) is 0 Å². The Morgan fingerprint density at radius 3 is 2.62 bits per heavy atom. The van der Waals surface area contributed by atoms with E-state index in [9.17, 15) is 0 Å². The lowest BCUT2D eigenvalue weighted by atomic mass is 9.94. The Balaban J connectivity index is 0.00000133. The number of hydrogen-bond donors (Lipinski definition) is 1. The molecule has 5 heterocycles. The largest absolute Gasteiger partial charge is 0.481 e. The molecule has 2 saturated heterocycles. The van der Waals surface area contributed by atoms with E-state index in [1.807, 2.05) is 44.1 Å². The van der Waals surface area contributed by atoms with Gasteiger partial charge < -0.3 is 19.4 Å². The molecule has 0 spiro atoms. The highest BCUT2D eigenvalue weighted by Crippen LogP contribution is 2.35. The summed E-state index contributed by atoms with van der Waals surface area (Å²) in [5, 5.41) is 1.00. The molecule has 8 nitrogen and oxygen atoms in total. The van der Waals surface area contributed by atoms with E-state index >= 15 is 0 Å². The van der Waals surface area contributed by atoms with E-state index in [0.29, 0.717) is 18.4 Å². The van der Waals surface area contributed by atoms with Crippen LogP contribution in [0.2, 0.25) is 0 Å². The third-order valence-electron chi connectivity index (χ3n) is 6.48. The average Bonchev–Trinajstić information content (AvgIpc) is 3.38. The Morgan fingerprint density at radius 1 is 1.12 bits per heavy atom. The van der Waals surface area contributed by atoms with Gasteiger partial charge in [-0.15, -0.1) is 0 Å². The number of ether oxygens (including phenoxy) is 2. The Hall–Kier alpha value is -2.36. The third-order valence-corrected chi connectivity index (χ3v) is 7.36. The van der Waals surface area contributed by atoms with Gasteiger partial charge in [-0.3, -0.25) is 4.31 Å². The van der Waals surface area contributed by atoms with Crippen molar-refractivity contribution in [1.82, 2.24) is 24.2 Å². The third kappa shape index (κ3) is 5.16. The summed E-state index contributed by atoms with van der Waals surface area (Å²) in [7, 11) is 1.64. The van der Waals surface area contributed by atoms with Crippen LogP contribution < -0.4 is 9.64 Å². The molecule has 1 atom stereocenters. The standard InChI is InChI=1S/C23H30N6O2S.C2H6/c1-15-14-31-11-10-29(15)20-13-19(16-5-8-28(32-3)9-6-16)25-23(26-20)18-12-21(30-2)27-22-17(18)4-7-24-22;1-2/h4,7,12-13,15-16H,5-6,8-11,14H2,1-3H3,(H,24,27);1-2H3. The Bertz CT molecular complexity index is 1080. The molecule has 3 aromatic heterocycles. The van der Waals surface area contributed by atoms with Crippen molar-refractivity contribution in [3.8, 4) is 17.3 Å². The van der Waals surface area contributed by atoms with Gasteiger partial charge in [-0.2, -0.15) is 4.98 Å². The Kier molecular flexibility index (Phi) is 8.28. The minimum absolute atomic E-state index is 0.275. The lowest BCUT2D eigenvalue weighted by molar-refractivity contribution is 0.0985. The van der Waals surface area contributed by atoms with Crippen LogP contribution in [0.25, 0.3) is 22.4 Å². The zero-order valence-electron chi connectivity index (χ0n) is 20.9. The van der Waals surface area contributed by atoms with Crippen LogP contribution in [-0.2, 0) is 4.74 Å². The van der Waals surface area contributed by atoms with Gasteiger partial charge in [0.2, 0.25) is 5.88 Å². The van der Waals surface area contributed by atoms with Crippen molar-refractivity contribution in [2.45, 2.75) is 45.6 Å². The Morgan fingerprint density at radius 2 is 1.91 bits per heavy atom. The van der Waals surface area contributed by atoms with Crippen LogP contribution in [0.1, 0.15) is 45.2 Å². The van der Waals surface area contributed by atoms with Gasteiger partial charge in [0, 0.05) is 60.5 Å². The average molecular weight is 485 g/mol. The molecule has 184 valence electrons. The maximum absolute atomic E-state index is 5.67. The van der Waals surface area contributed by atoms with E-state index in [1.54, 1.807) is 7.11 Å². The van der Waals surface area contributed by atoms with E-state index in [1.165, 1.54) is 0 Å². The van der Waals surface area contributed by atoms with Gasteiger partial charge in [-0.1, -0.05) is 25.8 Å². The number of anilines is 1. The SMILES string of the molecule is CC.COc1cc(-c2nc(C3CCN(SC)CC3)cc(N3CCOCC3C)n2)c2cc[nH]c2n1. The van der Waals surface area contributed by atoms with Crippen LogP contribution in [0.3, 0.4) is 0 Å². The number of hydrogen-bond acceptors (Lipinski definition) is 8. The molecule has 9 heteroatoms. The number of nitrogens with one attached hydrogen (secondary N) is 1. The molecule has 2 aliphatic heterocycles. The molecule has 5 rings (SSSR count). The summed E-state index contributed by atoms with van der Waals surface area (Å²) in [5.41, 5.74) is 2.85. The zero-order chi connectivity index (χ0) is 24.1. The van der Waals surface area contributed by atoms with Gasteiger partial charge in [-0.05, 0) is 32.1 Å². The highest BCUT2D eigenvalue weighted by molar-refractivity contribution is 7.96. The zero-order valence-corrected chi connectivity index (χ0v) is 21.7. The Labute approximate surface area is 206 Å². The second-order valence-electron chi connectivity index (χ2n) is 8.43. The molecule has 0 saturated carbocycles. The molecule has 0 bridgehead atoms. The normalized spacial score (nSPS) is 19.7. The molecular formula is C25H36N6O2S. The first kappa shape index (κ1) is 24.8. The van der Waals surface area contributed by atoms with Crippen LogP contribution in [0.4, 0.5) is 5.82 Å². The van der Waals surface area contributed by atoms with Crippen molar-refractivity contribution in [3.05, 3.63) is 30.1 Å². The number of piperidine rings is 1. The summed E-state index contributed by atoms with van der Waals surface area (Å²) >= 11 is 1.83. The van der Waals surface area contributed by atoms with Gasteiger partial charge in [0.1, 0.15) is 11.5 Å². The molecule has 0 aliphatic carbocycles. The van der Waals surface area contributed by atoms with Crippen molar-refractivity contribution in [1.29, 1.82) is 0 Å². The minimum Gasteiger partial charge on any atom is -0.481 e. The highest BCUT2D eigenvalue weighted by atomic mass is 32.2. The van der Waals surface area contributed by atoms with Crippen LogP contribution in [0.15, 0.2) is 24.4 Å². The van der Waals surface area contributed by atoms with Crippen molar-refractivity contribution in [3.63, 3.8) is 0 Å². The maximum atomic E-state index is 5.67. The fourth-order valence-corrected chi connectivity index (χ4v) is 5.21. The van der Waals surface area contributed by atoms with Gasteiger partial charge in [-0.25, -0.2) is 9.97 Å². The number of methoxy groups -OCH3 is 1. The number of pyridine rings is 1. The van der Waals surface area contributed by atoms with E-state index in [4.69, 9.17) is 19.4 Å². The number of nitrogens with zero attached hydrogens (tertiary/aromatic N) is 5. The number of aromatic amines is 1. The van der Waals surface area contributed by atoms with Crippen LogP contribution in [0.5, 0.6) is 5.88 Å². The predicted octanol–water partition coefficient (Wildman–Crippen LogP) is 4.74. The summed E-state index contributed by atoms with van der Waals surface area (Å²) in [6.45, 7) is 10.6. The summed E-state index contributed by atoms with van der Waals surface area (Å²) < 4.78 is 13.6. The molecule has 34 heavy (non-hydrogen) atoms. The second-order valence-corrected chi connectivity index (χ2v) is 9.31. The van der Waals surface area contributed by atoms with Crippen molar-refractivity contribution in [2.75, 3.05) is 51.1 Å². The fourth-order valence-electron chi connectivity index (χ4n) is 4.63. The molecule has 0 amide bonds. The van der Waals surface area contributed by atoms with Gasteiger partial charge in [0.05, 0.1) is 26.4 Å². The fraction of sp³-hybridized carbons (Fsp3) is 0.560. The predicted molar refractivity (Wildman–Crippen MR) is 140 cm³/mol. The van der Waals surface area contributed by atoms with Gasteiger partial charge in [0.15, 0.2) is 5.82 Å². The smallest absolute Gasteiger partial charge is 0.215 e. The van der Waals surface area contributed by atoms with E-state index in [2.05, 4.69) is 38.4 Å². The molecule has 3 aromatic rings. The number of morpholine rings is 1. The number of H-pyrrole nitrogens is 1. The summed E-state index contributed by atoms with van der Waals surface area (Å²) in [6, 6.07) is 6.45. The van der Waals surface area contributed by atoms with E-state index < -0.39 is 0 Å². The molecule has 0 radical (unpaired) electrons. The first-order valence-electron chi connectivity index (χ1n) is 12.2. The van der Waals surface area contributed by atoms with Crippen LogP contribution in [-0.4, -0.2) is 76.5 Å². The first-order valence-corrected chi connectivity index (χ1v) is 13.4. The van der Waals surface area contributed by atoms with Crippen molar-refractivity contribution in [2.24, 2.45) is 0 Å². The number of aromatic nitrogens is 4. The van der Waals surface area contributed by atoms with Crippen LogP contribution >= 0.6 is 11.9 Å². The van der Waals surface area contributed by atoms with E-state index in [-0.39, 0.29) is 6.04 Å². The summed E-state index contributed by atoms with van der Waals surface area (Å²) in [6.07, 6.45) is 6.26. The lowest BCUT2D eigenvalue weighted by Crippen LogP contribution is -2.44. The quantitative estimate of drug-likeness (QED) is 0.521. The highest BCUT2D eigenvalue weighted by Gasteiger charge is 2.26. The monoisotopic (exact) mass is 484 g/mol. The number of rotatable bonds is 5. The van der Waals surface area contributed by atoms with Gasteiger partial charge in [0.25, 0.3) is 0 Å². The van der Waals surface area contributed by atoms with Gasteiger partial charge >= 0.3 is 0 Å². The molecule has 2 aliphatic rings. The summed E-state index contributed by atoms with van der Waals surface area (Å²) in [5.74, 6) is 2.69. The first-order chi connectivity index (χ1) is 16.7. The lowest BCUT2D eigenvalue weighted by Gasteiger charge is -2.35. The molecule has 0 aromatic carbocycles. The number of fused-ring (bicyclic) bond motifs is 1. The topological polar surface area (TPSA) is 79.4 Å². The minimum atomic E-state index is 0.275.